The third-order valence-electron chi connectivity index (χ3n) is 5.01. The van der Waals surface area contributed by atoms with Gasteiger partial charge in [-0.1, -0.05) is 48.9 Å². The van der Waals surface area contributed by atoms with Gasteiger partial charge in [-0.05, 0) is 49.9 Å². The molecule has 0 saturated carbocycles. The highest BCUT2D eigenvalue weighted by Gasteiger charge is 2.28. The molecule has 28 heavy (non-hydrogen) atoms. The Morgan fingerprint density at radius 1 is 1.07 bits per heavy atom. The predicted octanol–water partition coefficient (Wildman–Crippen LogP) is 3.54. The average Bonchev–Trinajstić information content (AvgIpc) is 2.69. The first-order chi connectivity index (χ1) is 13.4. The Morgan fingerprint density at radius 3 is 2.36 bits per heavy atom. The summed E-state index contributed by atoms with van der Waals surface area (Å²) in [5.74, 6) is 0.309. The van der Waals surface area contributed by atoms with Gasteiger partial charge in [0.15, 0.2) is 6.61 Å². The molecule has 2 rings (SSSR count). The van der Waals surface area contributed by atoms with Crippen molar-refractivity contribution in [3.8, 4) is 5.75 Å². The maximum atomic E-state index is 13.0. The maximum absolute atomic E-state index is 13.0. The first-order valence-corrected chi connectivity index (χ1v) is 9.63. The Labute approximate surface area is 167 Å². The summed E-state index contributed by atoms with van der Waals surface area (Å²) in [7, 11) is 1.59. The fourth-order valence-electron chi connectivity index (χ4n) is 3.08. The van der Waals surface area contributed by atoms with Crippen LogP contribution in [0.4, 0.5) is 0 Å². The monoisotopic (exact) mass is 382 g/mol. The molecular formula is C23H30N2O3. The summed E-state index contributed by atoms with van der Waals surface area (Å²) >= 11 is 0. The van der Waals surface area contributed by atoms with Crippen molar-refractivity contribution in [2.45, 2.75) is 46.7 Å². The van der Waals surface area contributed by atoms with Gasteiger partial charge >= 0.3 is 0 Å². The zero-order valence-corrected chi connectivity index (χ0v) is 17.4. The van der Waals surface area contributed by atoms with Crippen LogP contribution < -0.4 is 10.1 Å². The van der Waals surface area contributed by atoms with Gasteiger partial charge in [0, 0.05) is 13.6 Å². The summed E-state index contributed by atoms with van der Waals surface area (Å²) in [6.45, 7) is 8.15. The standard InChI is InChI=1S/C23H30N2O3/c1-6-20(23(27)24-5)25(14-19-12-10-16(2)11-13-19)22(26)15-28-21-9-7-8-17(3)18(21)4/h7-13,20H,6,14-15H2,1-5H3,(H,24,27). The zero-order valence-electron chi connectivity index (χ0n) is 17.4. The van der Waals surface area contributed by atoms with Gasteiger partial charge in [0.2, 0.25) is 5.91 Å². The van der Waals surface area contributed by atoms with Crippen molar-refractivity contribution in [3.63, 3.8) is 0 Å². The highest BCUT2D eigenvalue weighted by atomic mass is 16.5. The van der Waals surface area contributed by atoms with Gasteiger partial charge in [-0.2, -0.15) is 0 Å². The van der Waals surface area contributed by atoms with E-state index in [0.29, 0.717) is 18.7 Å². The Kier molecular flexibility index (Phi) is 7.61. The Balaban J connectivity index is 2.21. The molecule has 0 saturated heterocycles. The second-order valence-corrected chi connectivity index (χ2v) is 7.03. The fourth-order valence-corrected chi connectivity index (χ4v) is 3.08. The van der Waals surface area contributed by atoms with Gasteiger partial charge in [-0.25, -0.2) is 0 Å². The van der Waals surface area contributed by atoms with E-state index < -0.39 is 6.04 Å². The number of nitrogens with zero attached hydrogens (tertiary/aromatic N) is 1. The lowest BCUT2D eigenvalue weighted by Crippen LogP contribution is -2.49. The van der Waals surface area contributed by atoms with Crippen LogP contribution in [-0.2, 0) is 16.1 Å². The molecule has 0 aliphatic rings. The highest BCUT2D eigenvalue weighted by molar-refractivity contribution is 5.88. The van der Waals surface area contributed by atoms with Crippen molar-refractivity contribution in [2.24, 2.45) is 0 Å². The van der Waals surface area contributed by atoms with Crippen LogP contribution in [0.5, 0.6) is 5.75 Å². The molecule has 0 aromatic heterocycles. The van der Waals surface area contributed by atoms with Crippen molar-refractivity contribution in [3.05, 3.63) is 64.7 Å². The molecule has 0 heterocycles. The number of hydrogen-bond donors (Lipinski definition) is 1. The van der Waals surface area contributed by atoms with Crippen LogP contribution in [0.25, 0.3) is 0 Å². The number of benzene rings is 2. The molecule has 0 spiro atoms. The lowest BCUT2D eigenvalue weighted by atomic mass is 10.1. The summed E-state index contributed by atoms with van der Waals surface area (Å²) < 4.78 is 5.80. The van der Waals surface area contributed by atoms with E-state index in [1.807, 2.05) is 70.2 Å². The number of aryl methyl sites for hydroxylation is 2. The minimum atomic E-state index is -0.541. The molecule has 5 nitrogen and oxygen atoms in total. The number of nitrogens with one attached hydrogen (secondary N) is 1. The minimum absolute atomic E-state index is 0.107. The molecule has 0 aliphatic carbocycles. The number of carbonyl (C=O) groups excluding carboxylic acids is 2. The number of likely N-dealkylation sites (N-methyl/N-ethyl adjacent to an activating group) is 1. The van der Waals surface area contributed by atoms with Gasteiger partial charge in [0.1, 0.15) is 11.8 Å². The highest BCUT2D eigenvalue weighted by Crippen LogP contribution is 2.21. The summed E-state index contributed by atoms with van der Waals surface area (Å²) in [4.78, 5) is 27.0. The van der Waals surface area contributed by atoms with Crippen LogP contribution in [-0.4, -0.2) is 36.4 Å². The van der Waals surface area contributed by atoms with Crippen molar-refractivity contribution in [2.75, 3.05) is 13.7 Å². The number of carbonyl (C=O) groups is 2. The fraction of sp³-hybridized carbons (Fsp3) is 0.391. The van der Waals surface area contributed by atoms with Crippen LogP contribution in [0.2, 0.25) is 0 Å². The maximum Gasteiger partial charge on any atom is 0.261 e. The van der Waals surface area contributed by atoms with Gasteiger partial charge in [-0.15, -0.1) is 0 Å². The second-order valence-electron chi connectivity index (χ2n) is 7.03. The molecule has 1 atom stereocenters. The third-order valence-corrected chi connectivity index (χ3v) is 5.01. The topological polar surface area (TPSA) is 58.6 Å². The molecular weight excluding hydrogens is 352 g/mol. The van der Waals surface area contributed by atoms with Crippen LogP contribution in [0.1, 0.15) is 35.6 Å². The Morgan fingerprint density at radius 2 is 1.75 bits per heavy atom. The largest absolute Gasteiger partial charge is 0.483 e. The molecule has 1 N–H and O–H groups in total. The first kappa shape index (κ1) is 21.5. The van der Waals surface area contributed by atoms with E-state index in [4.69, 9.17) is 4.74 Å². The van der Waals surface area contributed by atoms with Crippen LogP contribution in [0, 0.1) is 20.8 Å². The smallest absolute Gasteiger partial charge is 0.261 e. The summed E-state index contributed by atoms with van der Waals surface area (Å²) in [5.41, 5.74) is 4.25. The van der Waals surface area contributed by atoms with Crippen molar-refractivity contribution < 1.29 is 14.3 Å². The lowest BCUT2D eigenvalue weighted by molar-refractivity contribution is -0.142. The van der Waals surface area contributed by atoms with Crippen LogP contribution in [0.3, 0.4) is 0 Å². The molecule has 0 aliphatic heterocycles. The van der Waals surface area contributed by atoms with E-state index in [0.717, 1.165) is 22.3 Å². The summed E-state index contributed by atoms with van der Waals surface area (Å²) in [6.07, 6.45) is 0.529. The Bertz CT molecular complexity index is 815. The SMILES string of the molecule is CCC(C(=O)NC)N(Cc1ccc(C)cc1)C(=O)COc1cccc(C)c1C. The van der Waals surface area contributed by atoms with E-state index in [2.05, 4.69) is 5.32 Å². The molecule has 150 valence electrons. The molecule has 0 bridgehead atoms. The molecule has 2 amide bonds. The molecule has 2 aromatic rings. The van der Waals surface area contributed by atoms with Gasteiger partial charge < -0.3 is 15.0 Å². The van der Waals surface area contributed by atoms with Gasteiger partial charge in [-0.3, -0.25) is 9.59 Å². The van der Waals surface area contributed by atoms with Gasteiger partial charge in [0.25, 0.3) is 5.91 Å². The van der Waals surface area contributed by atoms with Crippen molar-refractivity contribution in [1.82, 2.24) is 10.2 Å². The second kappa shape index (κ2) is 9.93. The Hall–Kier alpha value is -2.82. The number of amides is 2. The zero-order chi connectivity index (χ0) is 20.7. The predicted molar refractivity (Wildman–Crippen MR) is 111 cm³/mol. The normalized spacial score (nSPS) is 11.6. The molecule has 2 aromatic carbocycles. The summed E-state index contributed by atoms with van der Waals surface area (Å²) in [5, 5.41) is 2.66. The molecule has 0 radical (unpaired) electrons. The molecule has 0 fully saturated rings. The van der Waals surface area contributed by atoms with Crippen LogP contribution in [0.15, 0.2) is 42.5 Å². The van der Waals surface area contributed by atoms with Crippen molar-refractivity contribution >= 4 is 11.8 Å². The number of rotatable bonds is 8. The van der Waals surface area contributed by atoms with E-state index in [-0.39, 0.29) is 18.4 Å². The summed E-state index contributed by atoms with van der Waals surface area (Å²) in [6, 6.07) is 13.2. The first-order valence-electron chi connectivity index (χ1n) is 9.63. The third kappa shape index (κ3) is 5.35. The molecule has 1 unspecified atom stereocenters. The van der Waals surface area contributed by atoms with Crippen molar-refractivity contribution in [1.29, 1.82) is 0 Å². The lowest BCUT2D eigenvalue weighted by Gasteiger charge is -2.30. The van der Waals surface area contributed by atoms with Crippen LogP contribution >= 0.6 is 0 Å². The van der Waals surface area contributed by atoms with Gasteiger partial charge in [0.05, 0.1) is 0 Å². The van der Waals surface area contributed by atoms with E-state index in [9.17, 15) is 9.59 Å². The minimum Gasteiger partial charge on any atom is -0.483 e. The van der Waals surface area contributed by atoms with E-state index in [1.165, 1.54) is 0 Å². The average molecular weight is 383 g/mol. The molecule has 5 heteroatoms. The van der Waals surface area contributed by atoms with E-state index >= 15 is 0 Å². The number of hydrogen-bond acceptors (Lipinski definition) is 3. The quantitative estimate of drug-likeness (QED) is 0.760. The number of ether oxygens (including phenoxy) is 1. The van der Waals surface area contributed by atoms with E-state index in [1.54, 1.807) is 11.9 Å².